The molecular weight excluding hydrogens is 222 g/mol. The second-order valence-corrected chi connectivity index (χ2v) is 3.02. The van der Waals surface area contributed by atoms with E-state index in [1.54, 1.807) is 18.5 Å². The van der Waals surface area contributed by atoms with Crippen LogP contribution in [0.1, 0.15) is 6.92 Å². The van der Waals surface area contributed by atoms with E-state index in [0.29, 0.717) is 0 Å². The molecule has 12 heavy (non-hydrogen) atoms. The van der Waals surface area contributed by atoms with Gasteiger partial charge in [-0.05, 0) is 22.0 Å². The lowest BCUT2D eigenvalue weighted by molar-refractivity contribution is -0.118. The highest BCUT2D eigenvalue weighted by Crippen LogP contribution is 2.18. The van der Waals surface area contributed by atoms with Crippen molar-refractivity contribution in [3.63, 3.8) is 0 Å². The Labute approximate surface area is 78.5 Å². The lowest BCUT2D eigenvalue weighted by Gasteiger charge is -2.06. The number of amides is 1. The summed E-state index contributed by atoms with van der Waals surface area (Å²) in [6.07, 6.45) is 3.28. The quantitative estimate of drug-likeness (QED) is 0.753. The number of aromatic nitrogens is 1. The van der Waals surface area contributed by atoms with Gasteiger partial charge in [-0.15, -0.1) is 0 Å². The number of nitrogens with zero attached hydrogens (tertiary/aromatic N) is 1. The zero-order chi connectivity index (χ0) is 8.97. The summed E-state index contributed by atoms with van der Waals surface area (Å²) in [5.74, 6) is -0.140. The van der Waals surface area contributed by atoms with Gasteiger partial charge in [-0.3, -0.25) is 20.6 Å². The molecule has 1 aromatic rings. The van der Waals surface area contributed by atoms with Gasteiger partial charge >= 0.3 is 0 Å². The van der Waals surface area contributed by atoms with Crippen LogP contribution in [0.2, 0.25) is 0 Å². The average Bonchev–Trinajstić information content (AvgIpc) is 2.03. The molecule has 0 aliphatic heterocycles. The predicted octanol–water partition coefficient (Wildman–Crippen LogP) is 1.31. The van der Waals surface area contributed by atoms with Gasteiger partial charge < -0.3 is 0 Å². The van der Waals surface area contributed by atoms with Crippen molar-refractivity contribution >= 4 is 27.5 Å². The number of nitrogens with one attached hydrogen (secondary N) is 2. The van der Waals surface area contributed by atoms with Gasteiger partial charge in [-0.2, -0.15) is 0 Å². The Morgan fingerprint density at radius 2 is 2.42 bits per heavy atom. The molecule has 0 fully saturated rings. The number of rotatable bonds is 2. The second kappa shape index (κ2) is 4.06. The first-order valence-corrected chi connectivity index (χ1v) is 4.11. The van der Waals surface area contributed by atoms with Gasteiger partial charge in [0.2, 0.25) is 5.91 Å². The summed E-state index contributed by atoms with van der Waals surface area (Å²) >= 11 is 3.27. The summed E-state index contributed by atoms with van der Waals surface area (Å²) in [5, 5.41) is 0. The maximum atomic E-state index is 10.5. The molecule has 5 heteroatoms. The Bertz CT molecular complexity index is 290. The van der Waals surface area contributed by atoms with E-state index in [0.717, 1.165) is 10.2 Å². The molecule has 0 aliphatic rings. The molecule has 1 amide bonds. The van der Waals surface area contributed by atoms with E-state index in [-0.39, 0.29) is 5.91 Å². The molecule has 0 unspecified atom stereocenters. The first-order chi connectivity index (χ1) is 5.70. The van der Waals surface area contributed by atoms with Crippen LogP contribution in [0.5, 0.6) is 0 Å². The number of pyridine rings is 1. The monoisotopic (exact) mass is 229 g/mol. The van der Waals surface area contributed by atoms with E-state index in [9.17, 15) is 4.79 Å². The number of carbonyl (C=O) groups excluding carboxylic acids is 1. The molecule has 1 heterocycles. The number of carbonyl (C=O) groups is 1. The molecule has 0 saturated carbocycles. The molecule has 0 aliphatic carbocycles. The van der Waals surface area contributed by atoms with Crippen molar-refractivity contribution in [1.29, 1.82) is 0 Å². The van der Waals surface area contributed by atoms with E-state index < -0.39 is 0 Å². The maximum absolute atomic E-state index is 10.5. The molecule has 0 spiro atoms. The topological polar surface area (TPSA) is 54.0 Å². The Balaban J connectivity index is 2.63. The van der Waals surface area contributed by atoms with E-state index in [1.807, 2.05) is 0 Å². The molecular formula is C7H8BrN3O. The Kier molecular flexibility index (Phi) is 3.04. The predicted molar refractivity (Wildman–Crippen MR) is 49.4 cm³/mol. The zero-order valence-electron chi connectivity index (χ0n) is 6.47. The second-order valence-electron chi connectivity index (χ2n) is 2.16. The summed E-state index contributed by atoms with van der Waals surface area (Å²) in [6, 6.07) is 1.75. The summed E-state index contributed by atoms with van der Waals surface area (Å²) in [6.45, 7) is 1.43. The molecule has 0 atom stereocenters. The van der Waals surface area contributed by atoms with Gasteiger partial charge in [0.1, 0.15) is 0 Å². The largest absolute Gasteiger partial charge is 0.297 e. The summed E-state index contributed by atoms with van der Waals surface area (Å²) in [4.78, 5) is 14.4. The minimum Gasteiger partial charge on any atom is -0.297 e. The number of anilines is 1. The number of hydrazine groups is 1. The maximum Gasteiger partial charge on any atom is 0.235 e. The van der Waals surface area contributed by atoms with Crippen LogP contribution >= 0.6 is 15.9 Å². The van der Waals surface area contributed by atoms with Gasteiger partial charge in [-0.1, -0.05) is 0 Å². The minimum atomic E-state index is -0.140. The number of hydrogen-bond donors (Lipinski definition) is 2. The molecule has 0 bridgehead atoms. The fraction of sp³-hybridized carbons (Fsp3) is 0.143. The average molecular weight is 230 g/mol. The highest BCUT2D eigenvalue weighted by Gasteiger charge is 1.97. The van der Waals surface area contributed by atoms with Crippen LogP contribution in [-0.4, -0.2) is 10.9 Å². The number of hydrogen-bond acceptors (Lipinski definition) is 3. The van der Waals surface area contributed by atoms with Gasteiger partial charge in [0, 0.05) is 19.3 Å². The fourth-order valence-corrected chi connectivity index (χ4v) is 0.981. The van der Waals surface area contributed by atoms with Crippen molar-refractivity contribution < 1.29 is 4.79 Å². The van der Waals surface area contributed by atoms with Crippen LogP contribution in [0.3, 0.4) is 0 Å². The van der Waals surface area contributed by atoms with Gasteiger partial charge in [0.15, 0.2) is 0 Å². The highest BCUT2D eigenvalue weighted by molar-refractivity contribution is 9.10. The Morgan fingerprint density at radius 1 is 1.67 bits per heavy atom. The van der Waals surface area contributed by atoms with E-state index >= 15 is 0 Å². The van der Waals surface area contributed by atoms with Crippen LogP contribution < -0.4 is 10.9 Å². The molecule has 4 nitrogen and oxygen atoms in total. The highest BCUT2D eigenvalue weighted by atomic mass is 79.9. The normalized spacial score (nSPS) is 9.17. The van der Waals surface area contributed by atoms with Crippen molar-refractivity contribution in [3.8, 4) is 0 Å². The first-order valence-electron chi connectivity index (χ1n) is 3.32. The van der Waals surface area contributed by atoms with Crippen molar-refractivity contribution in [2.45, 2.75) is 6.92 Å². The number of halogens is 1. The third kappa shape index (κ3) is 2.50. The third-order valence-electron chi connectivity index (χ3n) is 1.15. The van der Waals surface area contributed by atoms with Crippen molar-refractivity contribution in [1.82, 2.24) is 10.4 Å². The van der Waals surface area contributed by atoms with Crippen LogP contribution in [-0.2, 0) is 4.79 Å². The SMILES string of the molecule is CC(=O)NNc1ccncc1Br. The summed E-state index contributed by atoms with van der Waals surface area (Å²) < 4.78 is 0.804. The zero-order valence-corrected chi connectivity index (χ0v) is 8.05. The van der Waals surface area contributed by atoms with Gasteiger partial charge in [0.05, 0.1) is 10.2 Å². The Morgan fingerprint density at radius 3 is 3.00 bits per heavy atom. The standard InChI is InChI=1S/C7H8BrN3O/c1-5(12)10-11-7-2-3-9-4-6(7)8/h2-4H,1H3,(H,9,11)(H,10,12). The molecule has 2 N–H and O–H groups in total. The van der Waals surface area contributed by atoms with Crippen LogP contribution in [0, 0.1) is 0 Å². The molecule has 64 valence electrons. The lowest BCUT2D eigenvalue weighted by atomic mass is 10.4. The van der Waals surface area contributed by atoms with E-state index in [4.69, 9.17) is 0 Å². The summed E-state index contributed by atoms with van der Waals surface area (Å²) in [5.41, 5.74) is 5.96. The van der Waals surface area contributed by atoms with Crippen LogP contribution in [0.25, 0.3) is 0 Å². The molecule has 1 rings (SSSR count). The Hall–Kier alpha value is -1.10. The van der Waals surface area contributed by atoms with Gasteiger partial charge in [-0.25, -0.2) is 0 Å². The molecule has 0 aromatic carbocycles. The van der Waals surface area contributed by atoms with Crippen LogP contribution in [0.15, 0.2) is 22.9 Å². The van der Waals surface area contributed by atoms with E-state index in [1.165, 1.54) is 6.92 Å². The van der Waals surface area contributed by atoms with Gasteiger partial charge in [0.25, 0.3) is 0 Å². The minimum absolute atomic E-state index is 0.140. The molecule has 1 aromatic heterocycles. The fourth-order valence-electron chi connectivity index (χ4n) is 0.632. The third-order valence-corrected chi connectivity index (χ3v) is 1.78. The summed E-state index contributed by atoms with van der Waals surface area (Å²) in [7, 11) is 0. The molecule has 0 radical (unpaired) electrons. The van der Waals surface area contributed by atoms with Crippen molar-refractivity contribution in [3.05, 3.63) is 22.9 Å². The van der Waals surface area contributed by atoms with E-state index in [2.05, 4.69) is 31.8 Å². The first kappa shape index (κ1) is 8.99. The smallest absolute Gasteiger partial charge is 0.235 e. The molecule has 0 saturated heterocycles. The van der Waals surface area contributed by atoms with Crippen molar-refractivity contribution in [2.75, 3.05) is 5.43 Å². The van der Waals surface area contributed by atoms with Crippen LogP contribution in [0.4, 0.5) is 5.69 Å². The lowest BCUT2D eigenvalue weighted by Crippen LogP contribution is -2.26. The van der Waals surface area contributed by atoms with Crippen molar-refractivity contribution in [2.24, 2.45) is 0 Å².